The van der Waals surface area contributed by atoms with Crippen LogP contribution in [0, 0.1) is 5.82 Å². The van der Waals surface area contributed by atoms with E-state index < -0.39 is 0 Å². The zero-order valence-electron chi connectivity index (χ0n) is 23.9. The Morgan fingerprint density at radius 3 is 2.02 bits per heavy atom. The van der Waals surface area contributed by atoms with Gasteiger partial charge >= 0.3 is 0 Å². The molecule has 3 aromatic carbocycles. The Hall–Kier alpha value is -3.84. The van der Waals surface area contributed by atoms with Crippen molar-refractivity contribution >= 4 is 23.4 Å². The molecular weight excluding hydrogens is 517 g/mol. The summed E-state index contributed by atoms with van der Waals surface area (Å²) in [6.07, 6.45) is 3.89. The molecule has 216 valence electrons. The van der Waals surface area contributed by atoms with Crippen LogP contribution >= 0.6 is 0 Å². The molecule has 0 aliphatic carbocycles. The average molecular weight is 558 g/mol. The van der Waals surface area contributed by atoms with Gasteiger partial charge in [0, 0.05) is 18.7 Å². The monoisotopic (exact) mass is 557 g/mol. The Balaban J connectivity index is 1.31. The molecule has 1 aliphatic rings. The highest BCUT2D eigenvalue weighted by molar-refractivity contribution is 5.97. The summed E-state index contributed by atoms with van der Waals surface area (Å²) in [5.74, 6) is -0.569. The quantitative estimate of drug-likeness (QED) is 0.298. The van der Waals surface area contributed by atoms with Crippen LogP contribution in [0.3, 0.4) is 0 Å². The van der Waals surface area contributed by atoms with Gasteiger partial charge in [-0.25, -0.2) is 4.39 Å². The second-order valence-corrected chi connectivity index (χ2v) is 10.8. The summed E-state index contributed by atoms with van der Waals surface area (Å²) >= 11 is 0. The SMILES string of the molecule is CCCC(=O)Nc1ccc(F)c(C2CCN(CCCN(C(=O)Cc3ccccc3)C(=O)Cc3ccccc3)CC2)c1. The molecular formula is C34H40FN3O3. The van der Waals surface area contributed by atoms with Crippen LogP contribution in [-0.2, 0) is 27.2 Å². The van der Waals surface area contributed by atoms with Gasteiger partial charge in [-0.3, -0.25) is 19.3 Å². The number of hydrogen-bond acceptors (Lipinski definition) is 4. The summed E-state index contributed by atoms with van der Waals surface area (Å²) in [5.41, 5.74) is 3.07. The second-order valence-electron chi connectivity index (χ2n) is 10.8. The van der Waals surface area contributed by atoms with E-state index in [-0.39, 0.29) is 42.3 Å². The lowest BCUT2D eigenvalue weighted by Gasteiger charge is -2.33. The number of hydrogen-bond donors (Lipinski definition) is 1. The number of piperidine rings is 1. The molecule has 0 radical (unpaired) electrons. The molecule has 0 bridgehead atoms. The van der Waals surface area contributed by atoms with Gasteiger partial charge in [0.25, 0.3) is 0 Å². The summed E-state index contributed by atoms with van der Waals surface area (Å²) in [6.45, 7) is 4.70. The van der Waals surface area contributed by atoms with Gasteiger partial charge < -0.3 is 10.2 Å². The number of likely N-dealkylation sites (tertiary alicyclic amines) is 1. The first-order valence-corrected chi connectivity index (χ1v) is 14.7. The molecule has 3 amide bonds. The number of nitrogens with zero attached hydrogens (tertiary/aromatic N) is 2. The topological polar surface area (TPSA) is 69.7 Å². The van der Waals surface area contributed by atoms with Gasteiger partial charge in [0.1, 0.15) is 5.82 Å². The molecule has 1 saturated heterocycles. The van der Waals surface area contributed by atoms with Crippen molar-refractivity contribution in [3.05, 3.63) is 101 Å². The molecule has 0 spiro atoms. The summed E-state index contributed by atoms with van der Waals surface area (Å²) in [6, 6.07) is 23.8. The number of nitrogens with one attached hydrogen (secondary N) is 1. The maximum Gasteiger partial charge on any atom is 0.233 e. The highest BCUT2D eigenvalue weighted by Crippen LogP contribution is 2.31. The lowest BCUT2D eigenvalue weighted by Crippen LogP contribution is -2.41. The van der Waals surface area contributed by atoms with E-state index in [2.05, 4.69) is 10.2 Å². The first-order chi connectivity index (χ1) is 19.9. The van der Waals surface area contributed by atoms with Crippen molar-refractivity contribution in [1.82, 2.24) is 9.80 Å². The number of carbonyl (C=O) groups is 3. The van der Waals surface area contributed by atoms with Crippen molar-refractivity contribution in [3.63, 3.8) is 0 Å². The normalized spacial score (nSPS) is 14.0. The van der Waals surface area contributed by atoms with Crippen molar-refractivity contribution < 1.29 is 18.8 Å². The predicted octanol–water partition coefficient (Wildman–Crippen LogP) is 5.97. The smallest absolute Gasteiger partial charge is 0.233 e. The van der Waals surface area contributed by atoms with Gasteiger partial charge in [-0.2, -0.15) is 0 Å². The highest BCUT2D eigenvalue weighted by Gasteiger charge is 2.25. The Morgan fingerprint density at radius 2 is 1.46 bits per heavy atom. The van der Waals surface area contributed by atoms with E-state index in [4.69, 9.17) is 0 Å². The standard InChI is InChI=1S/C34H40FN3O3/c1-2-10-32(39)36-29-15-16-31(35)30(25-29)28-17-21-37(22-18-28)19-9-20-38(33(40)23-26-11-5-3-6-12-26)34(41)24-27-13-7-4-8-14-27/h3-8,11-16,25,28H,2,9-10,17-24H2,1H3,(H,36,39). The first kappa shape index (κ1) is 30.1. The van der Waals surface area contributed by atoms with E-state index in [9.17, 15) is 18.8 Å². The summed E-state index contributed by atoms with van der Waals surface area (Å²) in [5, 5.41) is 2.87. The maximum atomic E-state index is 14.7. The molecule has 0 atom stereocenters. The van der Waals surface area contributed by atoms with Gasteiger partial charge in [0.15, 0.2) is 0 Å². The van der Waals surface area contributed by atoms with Crippen LogP contribution in [0.1, 0.15) is 61.6 Å². The Labute approximate surface area is 242 Å². The summed E-state index contributed by atoms with van der Waals surface area (Å²) < 4.78 is 14.7. The Kier molecular flexibility index (Phi) is 11.2. The highest BCUT2D eigenvalue weighted by atomic mass is 19.1. The van der Waals surface area contributed by atoms with E-state index >= 15 is 0 Å². The van der Waals surface area contributed by atoms with Crippen LogP contribution in [0.2, 0.25) is 0 Å². The van der Waals surface area contributed by atoms with Crippen LogP contribution in [0.25, 0.3) is 0 Å². The molecule has 1 fully saturated rings. The molecule has 0 saturated carbocycles. The van der Waals surface area contributed by atoms with Gasteiger partial charge in [-0.05, 0) is 86.1 Å². The Bertz CT molecular complexity index is 1240. The minimum absolute atomic E-state index is 0.0570. The van der Waals surface area contributed by atoms with Crippen molar-refractivity contribution in [2.45, 2.75) is 57.8 Å². The molecule has 3 aromatic rings. The van der Waals surface area contributed by atoms with Gasteiger partial charge in [-0.1, -0.05) is 67.6 Å². The van der Waals surface area contributed by atoms with Crippen molar-refractivity contribution in [3.8, 4) is 0 Å². The molecule has 0 aromatic heterocycles. The molecule has 0 unspecified atom stereocenters. The number of rotatable bonds is 12. The molecule has 1 heterocycles. The number of imide groups is 1. The van der Waals surface area contributed by atoms with E-state index in [0.29, 0.717) is 30.6 Å². The molecule has 1 aliphatic heterocycles. The Morgan fingerprint density at radius 1 is 0.878 bits per heavy atom. The number of carbonyl (C=O) groups excluding carboxylic acids is 3. The fraction of sp³-hybridized carbons (Fsp3) is 0.382. The van der Waals surface area contributed by atoms with Gasteiger partial charge in [0.2, 0.25) is 17.7 Å². The molecule has 4 rings (SSSR count). The van der Waals surface area contributed by atoms with Crippen LogP contribution in [0.15, 0.2) is 78.9 Å². The van der Waals surface area contributed by atoms with Crippen molar-refractivity contribution in [1.29, 1.82) is 0 Å². The largest absolute Gasteiger partial charge is 0.326 e. The van der Waals surface area contributed by atoms with Crippen LogP contribution in [0.5, 0.6) is 0 Å². The lowest BCUT2D eigenvalue weighted by molar-refractivity contribution is -0.144. The van der Waals surface area contributed by atoms with Crippen molar-refractivity contribution in [2.75, 3.05) is 31.5 Å². The lowest BCUT2D eigenvalue weighted by atomic mass is 9.88. The number of anilines is 1. The maximum absolute atomic E-state index is 14.7. The minimum atomic E-state index is -0.235. The fourth-order valence-electron chi connectivity index (χ4n) is 5.43. The zero-order valence-corrected chi connectivity index (χ0v) is 23.9. The molecule has 6 nitrogen and oxygen atoms in total. The third kappa shape index (κ3) is 9.08. The van der Waals surface area contributed by atoms with E-state index in [1.165, 1.54) is 11.0 Å². The molecule has 41 heavy (non-hydrogen) atoms. The third-order valence-corrected chi connectivity index (χ3v) is 7.64. The zero-order chi connectivity index (χ0) is 29.0. The van der Waals surface area contributed by atoms with Gasteiger partial charge in [0.05, 0.1) is 12.8 Å². The predicted molar refractivity (Wildman–Crippen MR) is 160 cm³/mol. The number of amides is 3. The summed E-state index contributed by atoms with van der Waals surface area (Å²) in [7, 11) is 0. The molecule has 7 heteroatoms. The fourth-order valence-corrected chi connectivity index (χ4v) is 5.43. The van der Waals surface area contributed by atoms with Crippen LogP contribution in [0.4, 0.5) is 10.1 Å². The van der Waals surface area contributed by atoms with E-state index in [1.807, 2.05) is 67.6 Å². The minimum Gasteiger partial charge on any atom is -0.326 e. The average Bonchev–Trinajstić information content (AvgIpc) is 2.98. The van der Waals surface area contributed by atoms with Crippen molar-refractivity contribution in [2.24, 2.45) is 0 Å². The molecule has 1 N–H and O–H groups in total. The van der Waals surface area contributed by atoms with E-state index in [0.717, 1.165) is 50.0 Å². The number of halogens is 1. The van der Waals surface area contributed by atoms with Crippen LogP contribution in [-0.4, -0.2) is 53.7 Å². The van der Waals surface area contributed by atoms with Gasteiger partial charge in [-0.15, -0.1) is 0 Å². The van der Waals surface area contributed by atoms with Crippen LogP contribution < -0.4 is 5.32 Å². The third-order valence-electron chi connectivity index (χ3n) is 7.64. The summed E-state index contributed by atoms with van der Waals surface area (Å²) in [4.78, 5) is 42.2. The first-order valence-electron chi connectivity index (χ1n) is 14.7. The second kappa shape index (κ2) is 15.2. The van der Waals surface area contributed by atoms with E-state index in [1.54, 1.807) is 12.1 Å². The number of benzene rings is 3.